The molecule has 0 spiro atoms. The van der Waals surface area contributed by atoms with Crippen molar-refractivity contribution in [3.63, 3.8) is 0 Å². The summed E-state index contributed by atoms with van der Waals surface area (Å²) in [6.07, 6.45) is 0. The van der Waals surface area contributed by atoms with Crippen molar-refractivity contribution in [2.45, 2.75) is 0 Å². The number of carbonyl (C=O) groups excluding carboxylic acids is 3. The van der Waals surface area contributed by atoms with Gasteiger partial charge in [-0.15, -0.1) is 0 Å². The number of benzene rings is 1. The van der Waals surface area contributed by atoms with E-state index in [1.807, 2.05) is 0 Å². The third-order valence-corrected chi connectivity index (χ3v) is 3.98. The summed E-state index contributed by atoms with van der Waals surface area (Å²) in [7, 11) is 1.49. The van der Waals surface area contributed by atoms with Gasteiger partial charge in [-0.2, -0.15) is 0 Å². The van der Waals surface area contributed by atoms with Crippen LogP contribution in [-0.2, 0) is 9.59 Å². The third kappa shape index (κ3) is 4.45. The SMILES string of the molecule is CN(CC(=O)Nc1cccc(F)c1)C(=O)CN1CCSC1=O. The van der Waals surface area contributed by atoms with Crippen LogP contribution in [0.4, 0.5) is 14.9 Å². The van der Waals surface area contributed by atoms with E-state index in [9.17, 15) is 18.8 Å². The number of nitrogens with zero attached hydrogens (tertiary/aromatic N) is 2. The maximum atomic E-state index is 13.0. The molecule has 0 bridgehead atoms. The van der Waals surface area contributed by atoms with E-state index in [1.54, 1.807) is 6.07 Å². The molecule has 0 saturated carbocycles. The number of carbonyl (C=O) groups is 3. The second-order valence-electron chi connectivity index (χ2n) is 4.84. The average molecular weight is 325 g/mol. The lowest BCUT2D eigenvalue weighted by Gasteiger charge is -2.20. The molecule has 0 radical (unpaired) electrons. The standard InChI is InChI=1S/C14H16FN3O3S/c1-17(13(20)9-18-5-6-22-14(18)21)8-12(19)16-11-4-2-3-10(15)7-11/h2-4,7H,5-6,8-9H2,1H3,(H,16,19). The van der Waals surface area contributed by atoms with Crippen molar-refractivity contribution in [1.29, 1.82) is 0 Å². The summed E-state index contributed by atoms with van der Waals surface area (Å²) in [6.45, 7) is 0.346. The maximum Gasteiger partial charge on any atom is 0.282 e. The molecular formula is C14H16FN3O3S. The van der Waals surface area contributed by atoms with Gasteiger partial charge in [-0.3, -0.25) is 14.4 Å². The molecule has 1 aromatic rings. The number of nitrogens with one attached hydrogen (secondary N) is 1. The largest absolute Gasteiger partial charge is 0.335 e. The molecule has 1 N–H and O–H groups in total. The van der Waals surface area contributed by atoms with Gasteiger partial charge < -0.3 is 15.1 Å². The van der Waals surface area contributed by atoms with Crippen LogP contribution < -0.4 is 5.32 Å². The highest BCUT2D eigenvalue weighted by Gasteiger charge is 2.25. The Balaban J connectivity index is 1.82. The Morgan fingerprint density at radius 2 is 2.23 bits per heavy atom. The number of rotatable bonds is 5. The molecular weight excluding hydrogens is 309 g/mol. The maximum absolute atomic E-state index is 13.0. The van der Waals surface area contributed by atoms with E-state index < -0.39 is 11.7 Å². The molecule has 0 atom stereocenters. The lowest BCUT2D eigenvalue weighted by atomic mass is 10.3. The van der Waals surface area contributed by atoms with Crippen molar-refractivity contribution < 1.29 is 18.8 Å². The van der Waals surface area contributed by atoms with Gasteiger partial charge in [-0.25, -0.2) is 4.39 Å². The van der Waals surface area contributed by atoms with Crippen LogP contribution in [0.25, 0.3) is 0 Å². The van der Waals surface area contributed by atoms with Crippen molar-refractivity contribution in [3.05, 3.63) is 30.1 Å². The minimum absolute atomic E-state index is 0.0322. The number of amides is 3. The molecule has 1 aromatic carbocycles. The molecule has 0 unspecified atom stereocenters. The summed E-state index contributed by atoms with van der Waals surface area (Å²) in [5, 5.41) is 2.39. The van der Waals surface area contributed by atoms with Crippen LogP contribution >= 0.6 is 11.8 Å². The molecule has 1 heterocycles. The highest BCUT2D eigenvalue weighted by molar-refractivity contribution is 8.13. The van der Waals surface area contributed by atoms with Gasteiger partial charge in [0.1, 0.15) is 12.4 Å². The number of halogens is 1. The van der Waals surface area contributed by atoms with Crippen molar-refractivity contribution in [3.8, 4) is 0 Å². The Kier molecular flexibility index (Phi) is 5.37. The van der Waals surface area contributed by atoms with E-state index in [4.69, 9.17) is 0 Å². The normalized spacial score (nSPS) is 14.1. The van der Waals surface area contributed by atoms with Crippen LogP contribution in [0, 0.1) is 5.82 Å². The lowest BCUT2D eigenvalue weighted by molar-refractivity contribution is -0.133. The Morgan fingerprint density at radius 3 is 2.86 bits per heavy atom. The Hall–Kier alpha value is -2.09. The van der Waals surface area contributed by atoms with Gasteiger partial charge in [-0.1, -0.05) is 17.8 Å². The molecule has 0 aliphatic carbocycles. The minimum atomic E-state index is -0.452. The monoisotopic (exact) mass is 325 g/mol. The van der Waals surface area contributed by atoms with E-state index in [-0.39, 0.29) is 24.2 Å². The van der Waals surface area contributed by atoms with Gasteiger partial charge in [0.25, 0.3) is 5.24 Å². The minimum Gasteiger partial charge on any atom is -0.335 e. The van der Waals surface area contributed by atoms with Crippen molar-refractivity contribution in [2.75, 3.05) is 37.8 Å². The van der Waals surface area contributed by atoms with Crippen molar-refractivity contribution in [2.24, 2.45) is 0 Å². The molecule has 3 amide bonds. The predicted molar refractivity (Wildman–Crippen MR) is 82.1 cm³/mol. The van der Waals surface area contributed by atoms with Crippen molar-refractivity contribution in [1.82, 2.24) is 9.80 Å². The Labute approximate surface area is 131 Å². The van der Waals surface area contributed by atoms with E-state index >= 15 is 0 Å². The first-order valence-corrected chi connectivity index (χ1v) is 7.65. The smallest absolute Gasteiger partial charge is 0.282 e. The quantitative estimate of drug-likeness (QED) is 0.888. The van der Waals surface area contributed by atoms with Gasteiger partial charge in [0, 0.05) is 25.0 Å². The molecule has 1 aliphatic heterocycles. The number of anilines is 1. The van der Waals surface area contributed by atoms with E-state index in [0.29, 0.717) is 18.0 Å². The Morgan fingerprint density at radius 1 is 1.45 bits per heavy atom. The van der Waals surface area contributed by atoms with Crippen molar-refractivity contribution >= 4 is 34.5 Å². The summed E-state index contributed by atoms with van der Waals surface area (Å²) < 4.78 is 13.0. The van der Waals surface area contributed by atoms with E-state index in [1.165, 1.54) is 46.8 Å². The molecule has 6 nitrogen and oxygen atoms in total. The summed E-state index contributed by atoms with van der Waals surface area (Å²) in [5.74, 6) is -0.517. The van der Waals surface area contributed by atoms with Crippen LogP contribution in [0.1, 0.15) is 0 Å². The molecule has 1 aliphatic rings. The second-order valence-corrected chi connectivity index (χ2v) is 5.89. The van der Waals surface area contributed by atoms with Crippen LogP contribution in [0.15, 0.2) is 24.3 Å². The summed E-state index contributed by atoms with van der Waals surface area (Å²) in [4.78, 5) is 37.9. The summed E-state index contributed by atoms with van der Waals surface area (Å²) >= 11 is 1.18. The Bertz CT molecular complexity index is 596. The fourth-order valence-electron chi connectivity index (χ4n) is 1.92. The van der Waals surface area contributed by atoms with Gasteiger partial charge in [0.15, 0.2) is 0 Å². The zero-order chi connectivity index (χ0) is 16.1. The molecule has 118 valence electrons. The second kappa shape index (κ2) is 7.26. The highest BCUT2D eigenvalue weighted by atomic mass is 32.2. The summed E-state index contributed by atoms with van der Waals surface area (Å²) in [6, 6.07) is 5.51. The average Bonchev–Trinajstić information content (AvgIpc) is 2.84. The number of hydrogen-bond donors (Lipinski definition) is 1. The lowest BCUT2D eigenvalue weighted by Crippen LogP contribution is -2.41. The zero-order valence-corrected chi connectivity index (χ0v) is 12.9. The number of likely N-dealkylation sites (N-methyl/N-ethyl adjacent to an activating group) is 1. The number of thioether (sulfide) groups is 1. The third-order valence-electron chi connectivity index (χ3n) is 3.09. The summed E-state index contributed by atoms with van der Waals surface area (Å²) in [5.41, 5.74) is 0.331. The van der Waals surface area contributed by atoms with E-state index in [0.717, 1.165) is 0 Å². The molecule has 22 heavy (non-hydrogen) atoms. The van der Waals surface area contributed by atoms with E-state index in [2.05, 4.69) is 5.32 Å². The highest BCUT2D eigenvalue weighted by Crippen LogP contribution is 2.16. The van der Waals surface area contributed by atoms with Crippen LogP contribution in [0.2, 0.25) is 0 Å². The number of hydrogen-bond acceptors (Lipinski definition) is 4. The van der Waals surface area contributed by atoms with Crippen LogP contribution in [0.3, 0.4) is 0 Å². The predicted octanol–water partition coefficient (Wildman–Crippen LogP) is 1.39. The van der Waals surface area contributed by atoms with Gasteiger partial charge in [-0.05, 0) is 18.2 Å². The first-order chi connectivity index (χ1) is 10.5. The molecule has 2 rings (SSSR count). The molecule has 1 saturated heterocycles. The first-order valence-electron chi connectivity index (χ1n) is 6.67. The van der Waals surface area contributed by atoms with Gasteiger partial charge >= 0.3 is 0 Å². The van der Waals surface area contributed by atoms with Gasteiger partial charge in [0.2, 0.25) is 11.8 Å². The first kappa shape index (κ1) is 16.3. The van der Waals surface area contributed by atoms with Crippen LogP contribution in [0.5, 0.6) is 0 Å². The topological polar surface area (TPSA) is 69.7 Å². The molecule has 8 heteroatoms. The van der Waals surface area contributed by atoms with Gasteiger partial charge in [0.05, 0.1) is 6.54 Å². The van der Waals surface area contributed by atoms with Crippen LogP contribution in [-0.4, -0.2) is 59.3 Å². The molecule has 0 aromatic heterocycles. The zero-order valence-electron chi connectivity index (χ0n) is 12.0. The molecule has 1 fully saturated rings. The fraction of sp³-hybridized carbons (Fsp3) is 0.357. The fourth-order valence-corrected chi connectivity index (χ4v) is 2.75.